The van der Waals surface area contributed by atoms with Crippen LogP contribution in [-0.2, 0) is 10.2 Å². The van der Waals surface area contributed by atoms with Gasteiger partial charge in [-0.2, -0.15) is 10.2 Å². The number of nitrogens with two attached hydrogens (primary N) is 1. The minimum absolute atomic E-state index is 0.0113. The Morgan fingerprint density at radius 1 is 1.31 bits per heavy atom. The number of nitrogens with one attached hydrogen (secondary N) is 1. The lowest BCUT2D eigenvalue weighted by molar-refractivity contribution is -0.129. The van der Waals surface area contributed by atoms with Gasteiger partial charge < -0.3 is 20.2 Å². The largest absolute Gasteiger partial charge is 0.382 e. The number of hydrogen-bond acceptors (Lipinski definition) is 10. The molecule has 1 saturated carbocycles. The van der Waals surface area contributed by atoms with Crippen LogP contribution in [0, 0.1) is 17.2 Å². The van der Waals surface area contributed by atoms with Gasteiger partial charge in [0.1, 0.15) is 24.1 Å². The van der Waals surface area contributed by atoms with E-state index in [1.54, 1.807) is 24.0 Å². The first kappa shape index (κ1) is 23.4. The van der Waals surface area contributed by atoms with Crippen LogP contribution < -0.4 is 11.2 Å². The van der Waals surface area contributed by atoms with Crippen molar-refractivity contribution in [2.24, 2.45) is 5.92 Å². The van der Waals surface area contributed by atoms with Crippen LogP contribution in [0.5, 0.6) is 0 Å². The molecular formula is C25H27N9O2. The second-order valence-corrected chi connectivity index (χ2v) is 9.49. The number of benzene rings is 1. The number of anilines is 1. The SMILES string of the molecule is CN(C)C(=O)CN1C=C(c2nc(C(C)(c3ccc(-c4ncc(N)nc4C#N)cc3)C3CC3)no2)CN1. The van der Waals surface area contributed by atoms with Crippen LogP contribution in [0.1, 0.15) is 42.7 Å². The van der Waals surface area contributed by atoms with Gasteiger partial charge in [0.25, 0.3) is 5.89 Å². The molecule has 3 N–H and O–H groups in total. The van der Waals surface area contributed by atoms with Crippen molar-refractivity contribution in [3.8, 4) is 17.3 Å². The van der Waals surface area contributed by atoms with Crippen molar-refractivity contribution in [1.29, 1.82) is 5.26 Å². The summed E-state index contributed by atoms with van der Waals surface area (Å²) < 4.78 is 5.67. The maximum absolute atomic E-state index is 12.0. The third kappa shape index (κ3) is 4.27. The van der Waals surface area contributed by atoms with Crippen molar-refractivity contribution in [3.05, 3.63) is 59.6 Å². The van der Waals surface area contributed by atoms with Crippen molar-refractivity contribution in [2.75, 3.05) is 32.9 Å². The van der Waals surface area contributed by atoms with Crippen molar-refractivity contribution < 1.29 is 9.32 Å². The van der Waals surface area contributed by atoms with Crippen LogP contribution in [-0.4, -0.2) is 63.1 Å². The van der Waals surface area contributed by atoms with Gasteiger partial charge in [0, 0.05) is 32.4 Å². The highest BCUT2D eigenvalue weighted by Gasteiger charge is 2.47. The van der Waals surface area contributed by atoms with Crippen LogP contribution in [0.15, 0.2) is 41.2 Å². The van der Waals surface area contributed by atoms with E-state index in [2.05, 4.69) is 33.5 Å². The van der Waals surface area contributed by atoms with E-state index < -0.39 is 5.41 Å². The second-order valence-electron chi connectivity index (χ2n) is 9.49. The Kier molecular flexibility index (Phi) is 5.89. The number of carbonyl (C=O) groups is 1. The Bertz CT molecular complexity index is 1370. The fourth-order valence-electron chi connectivity index (χ4n) is 4.42. The highest BCUT2D eigenvalue weighted by Crippen LogP contribution is 2.50. The molecule has 184 valence electrons. The minimum atomic E-state index is -0.432. The normalized spacial score (nSPS) is 16.8. The molecular weight excluding hydrogens is 458 g/mol. The Morgan fingerprint density at radius 2 is 2.06 bits per heavy atom. The molecule has 0 radical (unpaired) electrons. The quantitative estimate of drug-likeness (QED) is 0.508. The van der Waals surface area contributed by atoms with E-state index in [9.17, 15) is 10.1 Å². The van der Waals surface area contributed by atoms with Crippen molar-refractivity contribution in [3.63, 3.8) is 0 Å². The van der Waals surface area contributed by atoms with E-state index in [0.717, 1.165) is 29.5 Å². The van der Waals surface area contributed by atoms with E-state index in [-0.39, 0.29) is 24.0 Å². The lowest BCUT2D eigenvalue weighted by atomic mass is 9.77. The molecule has 1 atom stereocenters. The lowest BCUT2D eigenvalue weighted by Crippen LogP contribution is -2.38. The summed E-state index contributed by atoms with van der Waals surface area (Å²) in [6.07, 6.45) is 5.44. The molecule has 1 fully saturated rings. The Balaban J connectivity index is 1.41. The van der Waals surface area contributed by atoms with E-state index >= 15 is 0 Å². The number of carbonyl (C=O) groups excluding carboxylic acids is 1. The number of nitrogen functional groups attached to an aromatic ring is 1. The summed E-state index contributed by atoms with van der Waals surface area (Å²) in [5.74, 6) is 1.66. The van der Waals surface area contributed by atoms with Gasteiger partial charge in [0.05, 0.1) is 17.2 Å². The van der Waals surface area contributed by atoms with Gasteiger partial charge in [-0.1, -0.05) is 29.4 Å². The molecule has 11 nitrogen and oxygen atoms in total. The molecule has 0 spiro atoms. The average Bonchev–Trinajstić information content (AvgIpc) is 3.43. The first-order valence-electron chi connectivity index (χ1n) is 11.7. The predicted molar refractivity (Wildman–Crippen MR) is 131 cm³/mol. The molecule has 2 aromatic heterocycles. The maximum atomic E-state index is 12.0. The van der Waals surface area contributed by atoms with Crippen LogP contribution in [0.4, 0.5) is 5.82 Å². The average molecular weight is 486 g/mol. The molecule has 1 aromatic carbocycles. The highest BCUT2D eigenvalue weighted by atomic mass is 16.5. The van der Waals surface area contributed by atoms with Gasteiger partial charge in [-0.25, -0.2) is 15.4 Å². The van der Waals surface area contributed by atoms with E-state index in [0.29, 0.717) is 29.9 Å². The number of rotatable bonds is 7. The van der Waals surface area contributed by atoms with Crippen molar-refractivity contribution in [2.45, 2.75) is 25.2 Å². The number of hydrazine groups is 1. The summed E-state index contributed by atoms with van der Waals surface area (Å²) in [4.78, 5) is 26.7. The molecule has 2 aliphatic rings. The zero-order valence-corrected chi connectivity index (χ0v) is 20.4. The van der Waals surface area contributed by atoms with Gasteiger partial charge >= 0.3 is 0 Å². The fraction of sp³-hybridized carbons (Fsp3) is 0.360. The van der Waals surface area contributed by atoms with Gasteiger partial charge in [0.15, 0.2) is 11.5 Å². The number of amides is 1. The Hall–Kier alpha value is -4.30. The van der Waals surface area contributed by atoms with E-state index in [4.69, 9.17) is 15.2 Å². The summed E-state index contributed by atoms with van der Waals surface area (Å²) in [6.45, 7) is 2.86. The van der Waals surface area contributed by atoms with Crippen LogP contribution >= 0.6 is 0 Å². The molecule has 0 bridgehead atoms. The molecule has 3 aromatic rings. The number of nitrogens with zero attached hydrogens (tertiary/aromatic N) is 7. The smallest absolute Gasteiger partial charge is 0.256 e. The number of likely N-dealkylation sites (N-methyl/N-ethyl adjacent to an activating group) is 1. The molecule has 1 amide bonds. The first-order valence-corrected chi connectivity index (χ1v) is 11.7. The third-order valence-corrected chi connectivity index (χ3v) is 6.80. The van der Waals surface area contributed by atoms with Gasteiger partial charge in [-0.15, -0.1) is 0 Å². The monoisotopic (exact) mass is 485 g/mol. The van der Waals surface area contributed by atoms with Crippen molar-refractivity contribution in [1.82, 2.24) is 35.4 Å². The molecule has 0 saturated heterocycles. The first-order chi connectivity index (χ1) is 17.3. The summed E-state index contributed by atoms with van der Waals surface area (Å²) in [6, 6.07) is 9.97. The predicted octanol–water partition coefficient (Wildman–Crippen LogP) is 1.95. The van der Waals surface area contributed by atoms with Crippen LogP contribution in [0.25, 0.3) is 16.8 Å². The lowest BCUT2D eigenvalue weighted by Gasteiger charge is -2.27. The summed E-state index contributed by atoms with van der Waals surface area (Å²) >= 11 is 0. The highest BCUT2D eigenvalue weighted by molar-refractivity contribution is 5.78. The number of hydrogen-bond donors (Lipinski definition) is 2. The van der Waals surface area contributed by atoms with Gasteiger partial charge in [-0.05, 0) is 31.2 Å². The summed E-state index contributed by atoms with van der Waals surface area (Å²) in [7, 11) is 3.45. The van der Waals surface area contributed by atoms with Crippen LogP contribution in [0.3, 0.4) is 0 Å². The number of nitriles is 1. The zero-order chi connectivity index (χ0) is 25.4. The molecule has 36 heavy (non-hydrogen) atoms. The molecule has 1 aliphatic heterocycles. The fourth-order valence-corrected chi connectivity index (χ4v) is 4.42. The molecule has 1 unspecified atom stereocenters. The van der Waals surface area contributed by atoms with E-state index in [1.807, 2.05) is 30.5 Å². The third-order valence-electron chi connectivity index (χ3n) is 6.80. The Morgan fingerprint density at radius 3 is 2.72 bits per heavy atom. The summed E-state index contributed by atoms with van der Waals surface area (Å²) in [5.41, 5.74) is 11.8. The van der Waals surface area contributed by atoms with Gasteiger partial charge in [0.2, 0.25) is 5.91 Å². The molecule has 11 heteroatoms. The van der Waals surface area contributed by atoms with E-state index in [1.165, 1.54) is 6.20 Å². The topological polar surface area (TPSA) is 150 Å². The second kappa shape index (κ2) is 9.05. The standard InChI is InChI=1S/C25H27N9O2/c1-25(18-8-9-18,17-6-4-15(5-7-17)22-19(10-26)30-20(27)12-28-22)24-31-23(36-32-24)16-11-29-34(13-16)14-21(35)33(2)3/h4-7,12-13,18,29H,8-9,11,14H2,1-3H3,(H2,27,30). The summed E-state index contributed by atoms with van der Waals surface area (Å²) in [5, 5.41) is 15.5. The maximum Gasteiger partial charge on any atom is 0.256 e. The molecule has 1 aliphatic carbocycles. The molecule has 3 heterocycles. The van der Waals surface area contributed by atoms with Crippen molar-refractivity contribution >= 4 is 17.3 Å². The molecule has 5 rings (SSSR count). The minimum Gasteiger partial charge on any atom is -0.382 e. The Labute approximate surface area is 208 Å². The zero-order valence-electron chi connectivity index (χ0n) is 20.4. The van der Waals surface area contributed by atoms with Gasteiger partial charge in [-0.3, -0.25) is 4.79 Å². The van der Waals surface area contributed by atoms with Crippen LogP contribution in [0.2, 0.25) is 0 Å². The number of aromatic nitrogens is 4.